The van der Waals surface area contributed by atoms with Crippen molar-refractivity contribution in [1.82, 2.24) is 5.06 Å². The number of halogens is 3. The van der Waals surface area contributed by atoms with Gasteiger partial charge in [0.05, 0.1) is 22.3 Å². The van der Waals surface area contributed by atoms with Crippen molar-refractivity contribution in [3.05, 3.63) is 54.1 Å². The number of amides is 1. The van der Waals surface area contributed by atoms with Crippen LogP contribution in [0.2, 0.25) is 0 Å². The molecule has 0 fully saturated rings. The van der Waals surface area contributed by atoms with Crippen LogP contribution in [-0.4, -0.2) is 48.6 Å². The molecule has 6 nitrogen and oxygen atoms in total. The van der Waals surface area contributed by atoms with Crippen molar-refractivity contribution >= 4 is 16.2 Å². The fourth-order valence-corrected chi connectivity index (χ4v) is 4.33. The molecule has 0 radical (unpaired) electrons. The first-order chi connectivity index (χ1) is 13.6. The number of nitrogens with zero attached hydrogens (tertiary/aromatic N) is 1. The first-order valence-corrected chi connectivity index (χ1v) is 10.3. The second-order valence-corrected chi connectivity index (χ2v) is 8.42. The second-order valence-electron chi connectivity index (χ2n) is 6.39. The van der Waals surface area contributed by atoms with Crippen LogP contribution in [0.4, 0.5) is 13.2 Å². The number of alkyl halides is 3. The van der Waals surface area contributed by atoms with Crippen LogP contribution in [-0.2, 0) is 20.8 Å². The molecule has 0 saturated heterocycles. The Labute approximate surface area is 166 Å². The van der Waals surface area contributed by atoms with E-state index in [0.29, 0.717) is 11.1 Å². The molecule has 29 heavy (non-hydrogen) atoms. The van der Waals surface area contributed by atoms with Gasteiger partial charge in [-0.2, -0.15) is 13.2 Å². The topological polar surface area (TPSA) is 94.9 Å². The minimum atomic E-state index is -4.44. The maximum Gasteiger partial charge on any atom is 0.416 e. The predicted molar refractivity (Wildman–Crippen MR) is 98.7 cm³/mol. The molecule has 2 aromatic carbocycles. The fourth-order valence-electron chi connectivity index (χ4n) is 2.76. The Morgan fingerprint density at radius 2 is 1.52 bits per heavy atom. The number of benzene rings is 2. The second kappa shape index (κ2) is 9.38. The van der Waals surface area contributed by atoms with Gasteiger partial charge in [-0.05, 0) is 48.2 Å². The monoisotopic (exact) mass is 431 g/mol. The molecule has 10 heteroatoms. The average molecular weight is 431 g/mol. The van der Waals surface area contributed by atoms with Crippen LogP contribution in [0.25, 0.3) is 11.1 Å². The zero-order valence-electron chi connectivity index (χ0n) is 15.2. The highest BCUT2D eigenvalue weighted by molar-refractivity contribution is 7.91. The Balaban J connectivity index is 2.20. The molecule has 0 aliphatic rings. The lowest BCUT2D eigenvalue weighted by atomic mass is 10.0. The van der Waals surface area contributed by atoms with Gasteiger partial charge in [0, 0.05) is 6.61 Å². The van der Waals surface area contributed by atoms with E-state index in [1.807, 2.05) is 0 Å². The molecule has 2 N–H and O–H groups in total. The van der Waals surface area contributed by atoms with Gasteiger partial charge >= 0.3 is 6.18 Å². The average Bonchev–Trinajstić information content (AvgIpc) is 2.70. The number of hydrogen-bond donors (Lipinski definition) is 2. The van der Waals surface area contributed by atoms with Crippen LogP contribution in [0.1, 0.15) is 18.4 Å². The van der Waals surface area contributed by atoms with E-state index in [2.05, 4.69) is 0 Å². The number of aliphatic hydroxyl groups is 1. The third-order valence-corrected chi connectivity index (χ3v) is 6.16. The van der Waals surface area contributed by atoms with Crippen molar-refractivity contribution in [1.29, 1.82) is 0 Å². The predicted octanol–water partition coefficient (Wildman–Crippen LogP) is 3.13. The summed E-state index contributed by atoms with van der Waals surface area (Å²) >= 11 is 0. The number of hydrogen-bond acceptors (Lipinski definition) is 5. The van der Waals surface area contributed by atoms with Crippen molar-refractivity contribution < 1.29 is 36.7 Å². The van der Waals surface area contributed by atoms with Crippen LogP contribution in [0.5, 0.6) is 0 Å². The quantitative estimate of drug-likeness (QED) is 0.361. The molecule has 158 valence electrons. The molecule has 2 rings (SSSR count). The van der Waals surface area contributed by atoms with Gasteiger partial charge < -0.3 is 5.11 Å². The summed E-state index contributed by atoms with van der Waals surface area (Å²) in [6.07, 6.45) is -4.04. The molecule has 1 atom stereocenters. The standard InChI is InChI=1S/C19H20F3NO5S/c20-19(21,22)16-7-3-14(4-8-16)15-5-9-18(10-6-15)29(27,28)12-17(2-1-11-24)23(26)13-25/h3-10,13,17,24,26H,1-2,11-12H2. The summed E-state index contributed by atoms with van der Waals surface area (Å²) in [7, 11) is -3.86. The number of sulfone groups is 1. The van der Waals surface area contributed by atoms with Gasteiger partial charge in [-0.3, -0.25) is 10.0 Å². The maximum absolute atomic E-state index is 12.6. The van der Waals surface area contributed by atoms with E-state index in [-0.39, 0.29) is 35.8 Å². The number of aliphatic hydroxyl groups excluding tert-OH is 1. The van der Waals surface area contributed by atoms with Crippen molar-refractivity contribution in [3.8, 4) is 11.1 Å². The number of carbonyl (C=O) groups is 1. The van der Waals surface area contributed by atoms with Gasteiger partial charge in [-0.25, -0.2) is 13.5 Å². The van der Waals surface area contributed by atoms with Gasteiger partial charge in [0.2, 0.25) is 6.41 Å². The molecule has 0 spiro atoms. The number of rotatable bonds is 9. The molecule has 1 unspecified atom stereocenters. The highest BCUT2D eigenvalue weighted by atomic mass is 32.2. The third-order valence-electron chi connectivity index (χ3n) is 4.35. The van der Waals surface area contributed by atoms with Gasteiger partial charge in [0.1, 0.15) is 0 Å². The van der Waals surface area contributed by atoms with Crippen molar-refractivity contribution in [2.45, 2.75) is 30.0 Å². The van der Waals surface area contributed by atoms with Crippen LogP contribution >= 0.6 is 0 Å². The molecular weight excluding hydrogens is 411 g/mol. The van der Waals surface area contributed by atoms with E-state index in [1.54, 1.807) is 0 Å². The summed E-state index contributed by atoms with van der Waals surface area (Å²) in [6, 6.07) is 9.03. The molecule has 2 aromatic rings. The number of hydroxylamine groups is 2. The molecule has 1 amide bonds. The Hall–Kier alpha value is -2.43. The molecule has 0 bridgehead atoms. The lowest BCUT2D eigenvalue weighted by Gasteiger charge is -2.22. The van der Waals surface area contributed by atoms with Gasteiger partial charge in [0.25, 0.3) is 0 Å². The number of carbonyl (C=O) groups excluding carboxylic acids is 1. The zero-order valence-corrected chi connectivity index (χ0v) is 16.0. The highest BCUT2D eigenvalue weighted by Crippen LogP contribution is 2.31. The minimum absolute atomic E-state index is 0.0542. The summed E-state index contributed by atoms with van der Waals surface area (Å²) in [6.45, 7) is -0.217. The van der Waals surface area contributed by atoms with Crippen LogP contribution < -0.4 is 0 Å². The molecule has 0 aliphatic carbocycles. The Morgan fingerprint density at radius 1 is 1.00 bits per heavy atom. The maximum atomic E-state index is 12.6. The van der Waals surface area contributed by atoms with E-state index < -0.39 is 33.4 Å². The summed E-state index contributed by atoms with van der Waals surface area (Å²) in [4.78, 5) is 10.7. The van der Waals surface area contributed by atoms with Crippen molar-refractivity contribution in [2.75, 3.05) is 12.4 Å². The summed E-state index contributed by atoms with van der Waals surface area (Å²) in [5.41, 5.74) is 0.245. The summed E-state index contributed by atoms with van der Waals surface area (Å²) in [5.74, 6) is -0.540. The van der Waals surface area contributed by atoms with Crippen LogP contribution in [0, 0.1) is 0 Å². The highest BCUT2D eigenvalue weighted by Gasteiger charge is 2.30. The minimum Gasteiger partial charge on any atom is -0.396 e. The van der Waals surface area contributed by atoms with E-state index in [4.69, 9.17) is 5.11 Å². The van der Waals surface area contributed by atoms with Crippen LogP contribution in [0.3, 0.4) is 0 Å². The SMILES string of the molecule is O=CN(O)C(CCCO)CS(=O)(=O)c1ccc(-c2ccc(C(F)(F)F)cc2)cc1. The lowest BCUT2D eigenvalue weighted by molar-refractivity contribution is -0.158. The van der Waals surface area contributed by atoms with Gasteiger partial charge in [0.15, 0.2) is 9.84 Å². The van der Waals surface area contributed by atoms with Gasteiger partial charge in [-0.1, -0.05) is 24.3 Å². The molecule has 0 aliphatic heterocycles. The lowest BCUT2D eigenvalue weighted by Crippen LogP contribution is -2.37. The normalized spacial score (nSPS) is 13.1. The molecular formula is C19H20F3NO5S. The van der Waals surface area contributed by atoms with Crippen molar-refractivity contribution in [2.24, 2.45) is 0 Å². The van der Waals surface area contributed by atoms with E-state index in [9.17, 15) is 31.6 Å². The van der Waals surface area contributed by atoms with Crippen molar-refractivity contribution in [3.63, 3.8) is 0 Å². The van der Waals surface area contributed by atoms with Crippen LogP contribution in [0.15, 0.2) is 53.4 Å². The Morgan fingerprint density at radius 3 is 1.97 bits per heavy atom. The first kappa shape index (κ1) is 22.9. The summed E-state index contributed by atoms with van der Waals surface area (Å²) in [5, 5.41) is 18.7. The molecule has 0 heterocycles. The van der Waals surface area contributed by atoms with Gasteiger partial charge in [-0.15, -0.1) is 0 Å². The third kappa shape index (κ3) is 6.02. The molecule has 0 saturated carbocycles. The fraction of sp³-hybridized carbons (Fsp3) is 0.316. The van der Waals surface area contributed by atoms with E-state index >= 15 is 0 Å². The van der Waals surface area contributed by atoms with E-state index in [0.717, 1.165) is 12.1 Å². The molecule has 0 aromatic heterocycles. The van der Waals surface area contributed by atoms with E-state index in [1.165, 1.54) is 36.4 Å². The largest absolute Gasteiger partial charge is 0.416 e. The summed E-state index contributed by atoms with van der Waals surface area (Å²) < 4.78 is 63.1. The zero-order chi connectivity index (χ0) is 21.7. The Bertz CT molecular complexity index is 912. The smallest absolute Gasteiger partial charge is 0.396 e. The Kier molecular flexibility index (Phi) is 7.39. The first-order valence-electron chi connectivity index (χ1n) is 8.62.